The monoisotopic (exact) mass is 438 g/mol. The van der Waals surface area contributed by atoms with Crippen molar-refractivity contribution in [1.29, 1.82) is 0 Å². The third-order valence-electron chi connectivity index (χ3n) is 6.18. The van der Waals surface area contributed by atoms with Crippen molar-refractivity contribution in [1.82, 2.24) is 10.2 Å². The summed E-state index contributed by atoms with van der Waals surface area (Å²) in [5.41, 5.74) is 2.52. The number of carbonyl (C=O) groups excluding carboxylic acids is 2. The van der Waals surface area contributed by atoms with Crippen LogP contribution in [0.5, 0.6) is 11.5 Å². The average Bonchev–Trinajstić information content (AvgIpc) is 3.23. The molecule has 1 N–H and O–H groups in total. The van der Waals surface area contributed by atoms with E-state index in [1.165, 1.54) is 0 Å². The Morgan fingerprint density at radius 3 is 2.50 bits per heavy atom. The number of aryl methyl sites for hydroxylation is 1. The number of amides is 2. The van der Waals surface area contributed by atoms with Gasteiger partial charge < -0.3 is 19.7 Å². The summed E-state index contributed by atoms with van der Waals surface area (Å²) in [6, 6.07) is 13.2. The highest BCUT2D eigenvalue weighted by atomic mass is 16.5. The molecule has 1 aliphatic heterocycles. The minimum atomic E-state index is -0.350. The van der Waals surface area contributed by atoms with Gasteiger partial charge in [-0.05, 0) is 37.0 Å². The predicted molar refractivity (Wildman–Crippen MR) is 125 cm³/mol. The first-order chi connectivity index (χ1) is 15.3. The van der Waals surface area contributed by atoms with Crippen LogP contribution < -0.4 is 14.8 Å². The Labute approximate surface area is 190 Å². The number of ether oxygens (including phenoxy) is 2. The van der Waals surface area contributed by atoms with Crippen molar-refractivity contribution in [3.8, 4) is 11.5 Å². The van der Waals surface area contributed by atoms with E-state index < -0.39 is 0 Å². The van der Waals surface area contributed by atoms with E-state index in [0.717, 1.165) is 17.5 Å². The van der Waals surface area contributed by atoms with Gasteiger partial charge >= 0.3 is 0 Å². The van der Waals surface area contributed by atoms with E-state index in [1.807, 2.05) is 49.4 Å². The van der Waals surface area contributed by atoms with E-state index in [0.29, 0.717) is 42.6 Å². The van der Waals surface area contributed by atoms with Gasteiger partial charge in [0.2, 0.25) is 5.91 Å². The molecule has 2 atom stereocenters. The molecule has 2 aromatic rings. The Bertz CT molecular complexity index is 957. The Kier molecular flexibility index (Phi) is 7.78. The zero-order valence-corrected chi connectivity index (χ0v) is 19.7. The van der Waals surface area contributed by atoms with Crippen LogP contribution in [0.4, 0.5) is 0 Å². The van der Waals surface area contributed by atoms with Crippen molar-refractivity contribution in [2.75, 3.05) is 33.9 Å². The third kappa shape index (κ3) is 5.23. The zero-order valence-electron chi connectivity index (χ0n) is 19.7. The molecular formula is C26H34N2O4. The predicted octanol–water partition coefficient (Wildman–Crippen LogP) is 4.03. The Morgan fingerprint density at radius 2 is 1.84 bits per heavy atom. The van der Waals surface area contributed by atoms with Gasteiger partial charge in [0, 0.05) is 42.7 Å². The van der Waals surface area contributed by atoms with Crippen LogP contribution in [-0.4, -0.2) is 50.6 Å². The van der Waals surface area contributed by atoms with Gasteiger partial charge in [-0.2, -0.15) is 0 Å². The van der Waals surface area contributed by atoms with Crippen molar-refractivity contribution in [3.05, 3.63) is 59.2 Å². The van der Waals surface area contributed by atoms with Crippen LogP contribution in [0.3, 0.4) is 0 Å². The Balaban J connectivity index is 1.90. The number of likely N-dealkylation sites (tertiary alicyclic amines) is 1. The molecule has 1 saturated heterocycles. The zero-order chi connectivity index (χ0) is 23.3. The number of nitrogens with one attached hydrogen (secondary N) is 1. The molecule has 2 aromatic carbocycles. The first-order valence-electron chi connectivity index (χ1n) is 11.2. The molecule has 0 bridgehead atoms. The molecule has 172 valence electrons. The molecule has 0 saturated carbocycles. The Hall–Kier alpha value is -3.02. The van der Waals surface area contributed by atoms with Crippen LogP contribution in [0.15, 0.2) is 42.5 Å². The van der Waals surface area contributed by atoms with Crippen molar-refractivity contribution >= 4 is 11.8 Å². The molecule has 1 aliphatic rings. The van der Waals surface area contributed by atoms with E-state index in [-0.39, 0.29) is 23.7 Å². The summed E-state index contributed by atoms with van der Waals surface area (Å²) in [6.07, 6.45) is 0.917. The lowest BCUT2D eigenvalue weighted by Gasteiger charge is -2.21. The number of methoxy groups -OCH3 is 2. The molecule has 6 nitrogen and oxygen atoms in total. The van der Waals surface area contributed by atoms with Crippen molar-refractivity contribution in [2.45, 2.75) is 33.1 Å². The van der Waals surface area contributed by atoms with Crippen LogP contribution in [0.1, 0.15) is 47.7 Å². The minimum absolute atomic E-state index is 0.0198. The van der Waals surface area contributed by atoms with Crippen LogP contribution in [0, 0.1) is 18.8 Å². The van der Waals surface area contributed by atoms with Gasteiger partial charge in [0.05, 0.1) is 20.1 Å². The minimum Gasteiger partial charge on any atom is -0.497 e. The highest BCUT2D eigenvalue weighted by Crippen LogP contribution is 2.39. The van der Waals surface area contributed by atoms with Crippen LogP contribution in [0.25, 0.3) is 0 Å². The SMILES string of the molecule is COc1ccc([C@H]2CN(C(=O)c3ccccc3C)C[C@H]2C(=O)NCCC(C)C)c(OC)c1. The highest BCUT2D eigenvalue weighted by Gasteiger charge is 2.41. The summed E-state index contributed by atoms with van der Waals surface area (Å²) in [4.78, 5) is 28.3. The fourth-order valence-corrected chi connectivity index (χ4v) is 4.27. The van der Waals surface area contributed by atoms with E-state index in [1.54, 1.807) is 19.1 Å². The van der Waals surface area contributed by atoms with Crippen LogP contribution in [-0.2, 0) is 4.79 Å². The van der Waals surface area contributed by atoms with Crippen LogP contribution in [0.2, 0.25) is 0 Å². The molecule has 0 aliphatic carbocycles. The standard InChI is InChI=1S/C26H34N2O4/c1-17(2)12-13-27-25(29)23-16-28(26(30)20-9-7-6-8-18(20)3)15-22(23)21-11-10-19(31-4)14-24(21)32-5/h6-11,14,17,22-23H,12-13,15-16H2,1-5H3,(H,27,29)/t22-,23-/m1/s1. The maximum atomic E-state index is 13.3. The highest BCUT2D eigenvalue weighted by molar-refractivity contribution is 5.96. The maximum Gasteiger partial charge on any atom is 0.254 e. The van der Waals surface area contributed by atoms with Gasteiger partial charge in [0.15, 0.2) is 0 Å². The quantitative estimate of drug-likeness (QED) is 0.676. The number of carbonyl (C=O) groups is 2. The number of benzene rings is 2. The number of rotatable bonds is 8. The second-order valence-corrected chi connectivity index (χ2v) is 8.82. The van der Waals surface area contributed by atoms with Gasteiger partial charge in [-0.3, -0.25) is 9.59 Å². The molecular weight excluding hydrogens is 404 g/mol. The third-order valence-corrected chi connectivity index (χ3v) is 6.18. The summed E-state index contributed by atoms with van der Waals surface area (Å²) < 4.78 is 11.0. The maximum absolute atomic E-state index is 13.3. The molecule has 2 amide bonds. The van der Waals surface area contributed by atoms with Crippen LogP contribution >= 0.6 is 0 Å². The Morgan fingerprint density at radius 1 is 1.09 bits per heavy atom. The second kappa shape index (κ2) is 10.5. The van der Waals surface area contributed by atoms with Crippen molar-refractivity contribution in [2.24, 2.45) is 11.8 Å². The largest absolute Gasteiger partial charge is 0.497 e. The average molecular weight is 439 g/mol. The molecule has 6 heteroatoms. The van der Waals surface area contributed by atoms with Crippen molar-refractivity contribution < 1.29 is 19.1 Å². The first kappa shape index (κ1) is 23.6. The van der Waals surface area contributed by atoms with Gasteiger partial charge in [0.25, 0.3) is 5.91 Å². The smallest absolute Gasteiger partial charge is 0.254 e. The molecule has 3 rings (SSSR count). The molecule has 0 aromatic heterocycles. The molecule has 32 heavy (non-hydrogen) atoms. The van der Waals surface area contributed by atoms with E-state index in [9.17, 15) is 9.59 Å². The fraction of sp³-hybridized carbons (Fsp3) is 0.462. The summed E-state index contributed by atoms with van der Waals surface area (Å²) >= 11 is 0. The molecule has 0 radical (unpaired) electrons. The second-order valence-electron chi connectivity index (χ2n) is 8.82. The number of hydrogen-bond acceptors (Lipinski definition) is 4. The summed E-state index contributed by atoms with van der Waals surface area (Å²) in [7, 11) is 3.22. The summed E-state index contributed by atoms with van der Waals surface area (Å²) in [5, 5.41) is 3.08. The molecule has 0 spiro atoms. The van der Waals surface area contributed by atoms with E-state index >= 15 is 0 Å². The summed E-state index contributed by atoms with van der Waals surface area (Å²) in [5.74, 6) is 1.29. The molecule has 1 fully saturated rings. The van der Waals surface area contributed by atoms with Gasteiger partial charge in [0.1, 0.15) is 11.5 Å². The number of nitrogens with zero attached hydrogens (tertiary/aromatic N) is 1. The normalized spacial score (nSPS) is 18.0. The molecule has 0 unspecified atom stereocenters. The topological polar surface area (TPSA) is 67.9 Å². The fourth-order valence-electron chi connectivity index (χ4n) is 4.27. The lowest BCUT2D eigenvalue weighted by atomic mass is 9.87. The van der Waals surface area contributed by atoms with E-state index in [2.05, 4.69) is 19.2 Å². The number of hydrogen-bond donors (Lipinski definition) is 1. The first-order valence-corrected chi connectivity index (χ1v) is 11.2. The van der Waals surface area contributed by atoms with Crippen molar-refractivity contribution in [3.63, 3.8) is 0 Å². The van der Waals surface area contributed by atoms with Gasteiger partial charge in [-0.25, -0.2) is 0 Å². The van der Waals surface area contributed by atoms with Gasteiger partial charge in [-0.15, -0.1) is 0 Å². The van der Waals surface area contributed by atoms with Gasteiger partial charge in [-0.1, -0.05) is 38.1 Å². The molecule has 1 heterocycles. The lowest BCUT2D eigenvalue weighted by Crippen LogP contribution is -2.36. The lowest BCUT2D eigenvalue weighted by molar-refractivity contribution is -0.124. The van der Waals surface area contributed by atoms with E-state index in [4.69, 9.17) is 9.47 Å². The summed E-state index contributed by atoms with van der Waals surface area (Å²) in [6.45, 7) is 7.66.